The average Bonchev–Trinajstić information content (AvgIpc) is 2.34. The number of nitrogens with zero attached hydrogens (tertiary/aromatic N) is 1. The molecule has 1 aliphatic heterocycles. The molecule has 20 heavy (non-hydrogen) atoms. The van der Waals surface area contributed by atoms with Crippen molar-refractivity contribution in [1.82, 2.24) is 4.90 Å². The molecule has 8 heteroatoms. The highest BCUT2D eigenvalue weighted by Crippen LogP contribution is 2.15. The molecule has 0 bridgehead atoms. The SMILES string of the molecule is CC1CS(=O)(=O)CCN1Cc1ccc(F)c(B(O)O)c1. The summed E-state index contributed by atoms with van der Waals surface area (Å²) in [6.45, 7) is 2.72. The summed E-state index contributed by atoms with van der Waals surface area (Å²) in [6.07, 6.45) is 0. The Labute approximate surface area is 118 Å². The van der Waals surface area contributed by atoms with Crippen LogP contribution >= 0.6 is 0 Å². The Morgan fingerprint density at radius 3 is 2.75 bits per heavy atom. The summed E-state index contributed by atoms with van der Waals surface area (Å²) < 4.78 is 36.4. The molecule has 0 amide bonds. The molecule has 5 nitrogen and oxygen atoms in total. The molecule has 110 valence electrons. The van der Waals surface area contributed by atoms with E-state index in [0.717, 1.165) is 5.56 Å². The van der Waals surface area contributed by atoms with Gasteiger partial charge in [0.15, 0.2) is 9.84 Å². The lowest BCUT2D eigenvalue weighted by molar-refractivity contribution is 0.218. The van der Waals surface area contributed by atoms with Crippen molar-refractivity contribution < 1.29 is 22.9 Å². The third-order valence-electron chi connectivity index (χ3n) is 3.53. The Morgan fingerprint density at radius 2 is 2.15 bits per heavy atom. The Balaban J connectivity index is 2.13. The predicted octanol–water partition coefficient (Wildman–Crippen LogP) is -0.876. The fourth-order valence-electron chi connectivity index (χ4n) is 2.39. The van der Waals surface area contributed by atoms with Crippen LogP contribution in [0, 0.1) is 5.82 Å². The monoisotopic (exact) mass is 301 g/mol. The molecule has 1 aromatic carbocycles. The molecule has 1 saturated heterocycles. The van der Waals surface area contributed by atoms with Crippen molar-refractivity contribution in [3.05, 3.63) is 29.6 Å². The van der Waals surface area contributed by atoms with Crippen LogP contribution in [-0.4, -0.2) is 54.6 Å². The first-order valence-corrected chi connectivity index (χ1v) is 8.19. The Morgan fingerprint density at radius 1 is 1.45 bits per heavy atom. The zero-order valence-corrected chi connectivity index (χ0v) is 12.0. The van der Waals surface area contributed by atoms with Crippen LogP contribution in [0.3, 0.4) is 0 Å². The molecule has 2 N–H and O–H groups in total. The molecule has 0 saturated carbocycles. The second-order valence-corrected chi connectivity index (χ2v) is 7.39. The predicted molar refractivity (Wildman–Crippen MR) is 74.8 cm³/mol. The van der Waals surface area contributed by atoms with Gasteiger partial charge in [-0.25, -0.2) is 12.8 Å². The van der Waals surface area contributed by atoms with Gasteiger partial charge in [0.25, 0.3) is 0 Å². The second-order valence-electron chi connectivity index (χ2n) is 5.16. The normalized spacial score (nSPS) is 22.7. The van der Waals surface area contributed by atoms with Crippen LogP contribution < -0.4 is 5.46 Å². The smallest absolute Gasteiger partial charge is 0.423 e. The molecule has 1 unspecified atom stereocenters. The number of benzene rings is 1. The Hall–Kier alpha value is -0.955. The number of halogens is 1. The topological polar surface area (TPSA) is 77.8 Å². The first kappa shape index (κ1) is 15.4. The summed E-state index contributed by atoms with van der Waals surface area (Å²) in [5.41, 5.74) is 0.556. The van der Waals surface area contributed by atoms with Crippen molar-refractivity contribution >= 4 is 22.4 Å². The summed E-state index contributed by atoms with van der Waals surface area (Å²) in [5, 5.41) is 18.2. The van der Waals surface area contributed by atoms with Crippen LogP contribution in [0.1, 0.15) is 12.5 Å². The number of sulfone groups is 1. The van der Waals surface area contributed by atoms with E-state index in [1.165, 1.54) is 12.1 Å². The lowest BCUT2D eigenvalue weighted by Gasteiger charge is -2.33. The molecule has 1 aliphatic rings. The van der Waals surface area contributed by atoms with E-state index >= 15 is 0 Å². The Kier molecular flexibility index (Phi) is 4.48. The van der Waals surface area contributed by atoms with Crippen molar-refractivity contribution in [1.29, 1.82) is 0 Å². The molecule has 1 fully saturated rings. The third kappa shape index (κ3) is 3.57. The lowest BCUT2D eigenvalue weighted by Crippen LogP contribution is -2.46. The zero-order chi connectivity index (χ0) is 14.9. The maximum Gasteiger partial charge on any atom is 0.491 e. The van der Waals surface area contributed by atoms with Gasteiger partial charge in [-0.2, -0.15) is 0 Å². The second kappa shape index (κ2) is 5.81. The van der Waals surface area contributed by atoms with Crippen molar-refractivity contribution in [2.45, 2.75) is 19.5 Å². The Bertz CT molecular complexity index is 593. The highest BCUT2D eigenvalue weighted by molar-refractivity contribution is 7.91. The van der Waals surface area contributed by atoms with E-state index in [4.69, 9.17) is 10.0 Å². The molecule has 0 aromatic heterocycles. The molecule has 0 radical (unpaired) electrons. The highest BCUT2D eigenvalue weighted by Gasteiger charge is 2.28. The molecular formula is C12H17BFNO4S. The summed E-state index contributed by atoms with van der Waals surface area (Å²) >= 11 is 0. The van der Waals surface area contributed by atoms with E-state index in [9.17, 15) is 12.8 Å². The molecule has 2 rings (SSSR count). The van der Waals surface area contributed by atoms with Gasteiger partial charge >= 0.3 is 7.12 Å². The first-order chi connectivity index (χ1) is 9.28. The molecule has 0 spiro atoms. The van der Waals surface area contributed by atoms with E-state index in [-0.39, 0.29) is 23.0 Å². The highest BCUT2D eigenvalue weighted by atomic mass is 32.2. The standard InChI is InChI=1S/C12H17BFNO4S/c1-9-8-20(18,19)5-4-15(9)7-10-2-3-12(14)11(6-10)13(16)17/h2-3,6,9,16-17H,4-5,7-8H2,1H3. The van der Waals surface area contributed by atoms with Gasteiger partial charge in [-0.1, -0.05) is 12.1 Å². The maximum atomic E-state index is 13.4. The molecule has 1 atom stereocenters. The minimum Gasteiger partial charge on any atom is -0.423 e. The van der Waals surface area contributed by atoms with Crippen LogP contribution in [0.2, 0.25) is 0 Å². The van der Waals surface area contributed by atoms with E-state index in [1.54, 1.807) is 6.07 Å². The fourth-order valence-corrected chi connectivity index (χ4v) is 4.02. The fraction of sp³-hybridized carbons (Fsp3) is 0.500. The van der Waals surface area contributed by atoms with Crippen LogP contribution in [0.15, 0.2) is 18.2 Å². The van der Waals surface area contributed by atoms with Gasteiger partial charge in [0.2, 0.25) is 0 Å². The zero-order valence-electron chi connectivity index (χ0n) is 11.2. The minimum absolute atomic E-state index is 0.110. The van der Waals surface area contributed by atoms with E-state index < -0.39 is 22.8 Å². The van der Waals surface area contributed by atoms with Gasteiger partial charge in [-0.15, -0.1) is 0 Å². The lowest BCUT2D eigenvalue weighted by atomic mass is 9.79. The van der Waals surface area contributed by atoms with E-state index in [2.05, 4.69) is 0 Å². The van der Waals surface area contributed by atoms with Gasteiger partial charge in [0.05, 0.1) is 11.5 Å². The quantitative estimate of drug-likeness (QED) is 0.709. The van der Waals surface area contributed by atoms with Crippen LogP contribution in [0.4, 0.5) is 4.39 Å². The summed E-state index contributed by atoms with van der Waals surface area (Å²) in [5.74, 6) is -0.435. The van der Waals surface area contributed by atoms with Gasteiger partial charge in [-0.05, 0) is 18.6 Å². The summed E-state index contributed by atoms with van der Waals surface area (Å²) in [6, 6.07) is 4.05. The van der Waals surface area contributed by atoms with Crippen LogP contribution in [0.25, 0.3) is 0 Å². The van der Waals surface area contributed by atoms with E-state index in [0.29, 0.717) is 13.1 Å². The first-order valence-electron chi connectivity index (χ1n) is 6.37. The van der Waals surface area contributed by atoms with Gasteiger partial charge in [-0.3, -0.25) is 4.90 Å². The third-order valence-corrected chi connectivity index (χ3v) is 5.33. The van der Waals surface area contributed by atoms with Gasteiger partial charge in [0.1, 0.15) is 5.82 Å². The van der Waals surface area contributed by atoms with Crippen molar-refractivity contribution in [3.8, 4) is 0 Å². The van der Waals surface area contributed by atoms with Gasteiger partial charge < -0.3 is 10.0 Å². The van der Waals surface area contributed by atoms with Crippen LogP contribution in [-0.2, 0) is 16.4 Å². The number of hydrogen-bond donors (Lipinski definition) is 2. The van der Waals surface area contributed by atoms with Crippen LogP contribution in [0.5, 0.6) is 0 Å². The largest absolute Gasteiger partial charge is 0.491 e. The molecule has 1 heterocycles. The van der Waals surface area contributed by atoms with Gasteiger partial charge in [0, 0.05) is 24.6 Å². The number of rotatable bonds is 3. The molecular weight excluding hydrogens is 284 g/mol. The summed E-state index contributed by atoms with van der Waals surface area (Å²) in [7, 11) is -4.82. The number of hydrogen-bond acceptors (Lipinski definition) is 5. The van der Waals surface area contributed by atoms with Crippen molar-refractivity contribution in [3.63, 3.8) is 0 Å². The summed E-state index contributed by atoms with van der Waals surface area (Å²) in [4.78, 5) is 1.99. The minimum atomic E-state index is -2.97. The van der Waals surface area contributed by atoms with E-state index in [1.807, 2.05) is 11.8 Å². The van der Waals surface area contributed by atoms with Crippen molar-refractivity contribution in [2.24, 2.45) is 0 Å². The maximum absolute atomic E-state index is 13.4. The molecule has 1 aromatic rings. The van der Waals surface area contributed by atoms with Crippen molar-refractivity contribution in [2.75, 3.05) is 18.1 Å². The molecule has 0 aliphatic carbocycles. The average molecular weight is 301 g/mol.